The average molecular weight is 365 g/mol. The number of carbonyl (C=O) groups excluding carboxylic acids is 3. The molecule has 2 fully saturated rings. The minimum atomic E-state index is -0.979. The molecule has 5 amide bonds. The number of aryl methyl sites for hydroxylation is 1. The van der Waals surface area contributed by atoms with Gasteiger partial charge in [-0.15, -0.1) is 11.3 Å². The van der Waals surface area contributed by atoms with Gasteiger partial charge in [0.15, 0.2) is 0 Å². The van der Waals surface area contributed by atoms with E-state index in [9.17, 15) is 14.4 Å². The Morgan fingerprint density at radius 2 is 2.16 bits per heavy atom. The van der Waals surface area contributed by atoms with Crippen LogP contribution in [0, 0.1) is 12.8 Å². The van der Waals surface area contributed by atoms with E-state index in [2.05, 4.69) is 29.5 Å². The number of nitrogens with one attached hydrogen (secondary N) is 2. The first-order chi connectivity index (χ1) is 11.7. The highest BCUT2D eigenvalue weighted by Gasteiger charge is 2.54. The summed E-state index contributed by atoms with van der Waals surface area (Å²) in [4.78, 5) is 43.8. The molecule has 1 aromatic heterocycles. The van der Waals surface area contributed by atoms with E-state index in [0.29, 0.717) is 18.9 Å². The van der Waals surface area contributed by atoms with Crippen molar-refractivity contribution < 1.29 is 14.4 Å². The summed E-state index contributed by atoms with van der Waals surface area (Å²) < 4.78 is 0. The van der Waals surface area contributed by atoms with Crippen molar-refractivity contribution in [3.63, 3.8) is 0 Å². The van der Waals surface area contributed by atoms with Gasteiger partial charge in [0, 0.05) is 13.6 Å². The maximum absolute atomic E-state index is 12.6. The number of amides is 5. The number of likely N-dealkylation sites (tertiary alicyclic amines) is 1. The van der Waals surface area contributed by atoms with Gasteiger partial charge in [0.1, 0.15) is 10.5 Å². The number of imide groups is 1. The second-order valence-corrected chi connectivity index (χ2v) is 8.29. The average Bonchev–Trinajstić information content (AvgIpc) is 3.15. The van der Waals surface area contributed by atoms with E-state index in [1.54, 1.807) is 4.90 Å². The molecule has 1 atom stereocenters. The molecule has 0 radical (unpaired) electrons. The quantitative estimate of drug-likeness (QED) is 0.799. The number of thiazole rings is 1. The summed E-state index contributed by atoms with van der Waals surface area (Å²) in [5.41, 5.74) is -0.0853. The van der Waals surface area contributed by atoms with Gasteiger partial charge in [-0.2, -0.15) is 0 Å². The number of carbonyl (C=O) groups is 3. The Morgan fingerprint density at radius 1 is 1.44 bits per heavy atom. The highest BCUT2D eigenvalue weighted by molar-refractivity contribution is 7.16. The van der Waals surface area contributed by atoms with Crippen molar-refractivity contribution in [3.8, 4) is 0 Å². The second-order valence-electron chi connectivity index (χ2n) is 7.08. The summed E-state index contributed by atoms with van der Waals surface area (Å²) in [6.45, 7) is 6.73. The van der Waals surface area contributed by atoms with Gasteiger partial charge in [-0.1, -0.05) is 13.8 Å². The van der Waals surface area contributed by atoms with Crippen LogP contribution < -0.4 is 10.6 Å². The van der Waals surface area contributed by atoms with Gasteiger partial charge in [-0.05, 0) is 25.7 Å². The van der Waals surface area contributed by atoms with Gasteiger partial charge in [-0.25, -0.2) is 14.6 Å². The van der Waals surface area contributed by atoms with E-state index in [0.717, 1.165) is 27.0 Å². The number of likely N-dealkylation sites (N-methyl/N-ethyl adjacent to an activating group) is 1. The minimum Gasteiger partial charge on any atom is -0.322 e. The number of rotatable bonds is 3. The van der Waals surface area contributed by atoms with Gasteiger partial charge in [0.2, 0.25) is 0 Å². The lowest BCUT2D eigenvalue weighted by atomic mass is 9.99. The lowest BCUT2D eigenvalue weighted by Crippen LogP contribution is -2.50. The van der Waals surface area contributed by atoms with Crippen molar-refractivity contribution in [2.45, 2.75) is 39.2 Å². The Morgan fingerprint density at radius 3 is 2.76 bits per heavy atom. The molecule has 0 saturated carbocycles. The molecule has 25 heavy (non-hydrogen) atoms. The number of hydrogen-bond donors (Lipinski definition) is 2. The smallest absolute Gasteiger partial charge is 0.322 e. The zero-order valence-electron chi connectivity index (χ0n) is 14.9. The van der Waals surface area contributed by atoms with Crippen LogP contribution in [0.4, 0.5) is 14.6 Å². The summed E-state index contributed by atoms with van der Waals surface area (Å²) >= 11 is 1.45. The zero-order valence-corrected chi connectivity index (χ0v) is 15.7. The topological polar surface area (TPSA) is 94.6 Å². The van der Waals surface area contributed by atoms with Gasteiger partial charge in [0.25, 0.3) is 5.91 Å². The maximum atomic E-state index is 12.6. The third kappa shape index (κ3) is 3.20. The Labute approximate surface area is 150 Å². The largest absolute Gasteiger partial charge is 0.324 e. The molecule has 0 aromatic carbocycles. The molecule has 9 heteroatoms. The third-order valence-corrected chi connectivity index (χ3v) is 5.48. The predicted molar refractivity (Wildman–Crippen MR) is 94.6 cm³/mol. The van der Waals surface area contributed by atoms with E-state index < -0.39 is 11.6 Å². The molecule has 2 saturated heterocycles. The molecule has 1 aromatic rings. The van der Waals surface area contributed by atoms with E-state index in [1.807, 2.05) is 6.92 Å². The van der Waals surface area contributed by atoms with Crippen molar-refractivity contribution in [2.75, 3.05) is 25.5 Å². The fraction of sp³-hybridized carbons (Fsp3) is 0.625. The molecule has 0 bridgehead atoms. The molecule has 0 aliphatic carbocycles. The lowest BCUT2D eigenvalue weighted by Gasteiger charge is -2.21. The first kappa shape index (κ1) is 17.7. The Hall–Kier alpha value is -2.16. The van der Waals surface area contributed by atoms with Crippen LogP contribution in [0.15, 0.2) is 0 Å². The fourth-order valence-electron chi connectivity index (χ4n) is 3.28. The Balaban J connectivity index is 1.70. The van der Waals surface area contributed by atoms with Crippen LogP contribution in [-0.2, 0) is 11.2 Å². The highest BCUT2D eigenvalue weighted by atomic mass is 32.1. The first-order valence-electron chi connectivity index (χ1n) is 8.34. The van der Waals surface area contributed by atoms with Crippen LogP contribution >= 0.6 is 11.3 Å². The Kier molecular flexibility index (Phi) is 4.44. The number of aromatic nitrogens is 1. The van der Waals surface area contributed by atoms with E-state index in [4.69, 9.17) is 0 Å². The summed E-state index contributed by atoms with van der Waals surface area (Å²) in [7, 11) is 1.45. The minimum absolute atomic E-state index is 0.186. The SMILES string of the molecule is Cc1nc(CC(C)C)c(NC(=O)N2CCC3(C2)NC(=O)N(C)C3=O)s1. The van der Waals surface area contributed by atoms with Gasteiger partial charge in [-0.3, -0.25) is 15.0 Å². The Bertz CT molecular complexity index is 731. The number of anilines is 1. The lowest BCUT2D eigenvalue weighted by molar-refractivity contribution is -0.129. The van der Waals surface area contributed by atoms with Gasteiger partial charge in [0.05, 0.1) is 17.2 Å². The van der Waals surface area contributed by atoms with Gasteiger partial charge >= 0.3 is 12.1 Å². The van der Waals surface area contributed by atoms with Crippen molar-refractivity contribution in [2.24, 2.45) is 5.92 Å². The van der Waals surface area contributed by atoms with Crippen LogP contribution in [0.3, 0.4) is 0 Å². The maximum Gasteiger partial charge on any atom is 0.324 e. The number of hydrogen-bond acceptors (Lipinski definition) is 5. The van der Waals surface area contributed by atoms with Crippen molar-refractivity contribution in [3.05, 3.63) is 10.7 Å². The van der Waals surface area contributed by atoms with Crippen LogP contribution in [-0.4, -0.2) is 58.4 Å². The van der Waals surface area contributed by atoms with Gasteiger partial charge < -0.3 is 10.2 Å². The molecule has 3 heterocycles. The zero-order chi connectivity index (χ0) is 18.4. The predicted octanol–water partition coefficient (Wildman–Crippen LogP) is 1.81. The summed E-state index contributed by atoms with van der Waals surface area (Å²) in [5.74, 6) is 0.163. The van der Waals surface area contributed by atoms with Crippen LogP contribution in [0.2, 0.25) is 0 Å². The molecule has 136 valence electrons. The van der Waals surface area contributed by atoms with Crippen molar-refractivity contribution in [1.29, 1.82) is 0 Å². The molecular formula is C16H23N5O3S. The summed E-state index contributed by atoms with van der Waals surface area (Å²) in [6.07, 6.45) is 1.22. The van der Waals surface area contributed by atoms with E-state index >= 15 is 0 Å². The third-order valence-electron chi connectivity index (χ3n) is 4.55. The molecule has 3 rings (SSSR count). The molecule has 1 unspecified atom stereocenters. The molecule has 2 N–H and O–H groups in total. The second kappa shape index (κ2) is 6.29. The van der Waals surface area contributed by atoms with E-state index in [1.165, 1.54) is 18.4 Å². The van der Waals surface area contributed by atoms with Crippen molar-refractivity contribution >= 4 is 34.3 Å². The molecule has 1 spiro atoms. The van der Waals surface area contributed by atoms with Crippen LogP contribution in [0.25, 0.3) is 0 Å². The molecular weight excluding hydrogens is 342 g/mol. The van der Waals surface area contributed by atoms with E-state index in [-0.39, 0.29) is 18.5 Å². The van der Waals surface area contributed by atoms with Crippen LogP contribution in [0.5, 0.6) is 0 Å². The normalized spacial score (nSPS) is 23.1. The van der Waals surface area contributed by atoms with Crippen LogP contribution in [0.1, 0.15) is 31.0 Å². The highest BCUT2D eigenvalue weighted by Crippen LogP contribution is 2.30. The number of urea groups is 2. The summed E-state index contributed by atoms with van der Waals surface area (Å²) in [5, 5.41) is 7.32. The monoisotopic (exact) mass is 365 g/mol. The van der Waals surface area contributed by atoms with Crippen molar-refractivity contribution in [1.82, 2.24) is 20.1 Å². The fourth-order valence-corrected chi connectivity index (χ4v) is 4.12. The molecule has 2 aliphatic heterocycles. The molecule has 8 nitrogen and oxygen atoms in total. The first-order valence-corrected chi connectivity index (χ1v) is 9.16. The summed E-state index contributed by atoms with van der Waals surface area (Å²) in [6, 6.07) is -0.674. The molecule has 2 aliphatic rings. The number of nitrogens with zero attached hydrogens (tertiary/aromatic N) is 3. The standard InChI is InChI=1S/C16H23N5O3S/c1-9(2)7-11-12(25-10(3)17-11)18-14(23)21-6-5-16(8-21)13(22)20(4)15(24)19-16/h9H,5-8H2,1-4H3,(H,18,23)(H,19,24).